The Labute approximate surface area is 224 Å². The third-order valence-corrected chi connectivity index (χ3v) is 7.11. The third-order valence-electron chi connectivity index (χ3n) is 7.11. The van der Waals surface area contributed by atoms with Gasteiger partial charge in [-0.1, -0.05) is 13.0 Å². The molecular formula is C28H30F2N6O3. The summed E-state index contributed by atoms with van der Waals surface area (Å²) in [5, 5.41) is 18.6. The van der Waals surface area contributed by atoms with Gasteiger partial charge in [-0.05, 0) is 55.5 Å². The molecule has 2 aliphatic rings. The van der Waals surface area contributed by atoms with E-state index in [0.29, 0.717) is 40.8 Å². The van der Waals surface area contributed by atoms with Crippen molar-refractivity contribution in [2.75, 3.05) is 41.8 Å². The molecule has 3 aromatic rings. The van der Waals surface area contributed by atoms with E-state index in [1.54, 1.807) is 6.07 Å². The number of halogens is 2. The van der Waals surface area contributed by atoms with Crippen molar-refractivity contribution in [3.05, 3.63) is 75.7 Å². The lowest BCUT2D eigenvalue weighted by atomic mass is 10.0. The first-order valence-electron chi connectivity index (χ1n) is 13.0. The van der Waals surface area contributed by atoms with Crippen LogP contribution in [0.4, 0.5) is 25.8 Å². The molecule has 0 radical (unpaired) electrons. The Bertz CT molecular complexity index is 1430. The molecule has 1 amide bonds. The fraction of sp³-hybridized carbons (Fsp3) is 0.357. The summed E-state index contributed by atoms with van der Waals surface area (Å²) in [6.07, 6.45) is 3.98. The van der Waals surface area contributed by atoms with Crippen molar-refractivity contribution in [2.24, 2.45) is 5.92 Å². The summed E-state index contributed by atoms with van der Waals surface area (Å²) in [6.45, 7) is 5.03. The highest BCUT2D eigenvalue weighted by molar-refractivity contribution is 6.08. The van der Waals surface area contributed by atoms with Gasteiger partial charge in [0.2, 0.25) is 0 Å². The summed E-state index contributed by atoms with van der Waals surface area (Å²) >= 11 is 0. The molecule has 1 aromatic heterocycles. The van der Waals surface area contributed by atoms with Crippen LogP contribution in [-0.4, -0.2) is 54.2 Å². The molecule has 39 heavy (non-hydrogen) atoms. The van der Waals surface area contributed by atoms with Gasteiger partial charge in [-0.25, -0.2) is 8.78 Å². The number of hydrogen-bond donors (Lipinski definition) is 3. The highest BCUT2D eigenvalue weighted by Crippen LogP contribution is 2.38. The molecule has 3 N–H and O–H groups in total. The second-order valence-corrected chi connectivity index (χ2v) is 9.93. The lowest BCUT2D eigenvalue weighted by Gasteiger charge is -2.29. The molecule has 0 saturated carbocycles. The Hall–Kier alpha value is -4.12. The average Bonchev–Trinajstić information content (AvgIpc) is 3.36. The Morgan fingerprint density at radius 2 is 1.77 bits per heavy atom. The van der Waals surface area contributed by atoms with Crippen LogP contribution in [0.5, 0.6) is 0 Å². The standard InChI is InChI=1S/C28H30F2N6O3/c1-17-9-12-35(16-17)26-19(15-31)22(32-18-10-13-39-14-11-18)5-6-23(26)33-28(38)24-7-8-25(37)36(34-24)27-20(29)3-2-4-21(27)30/h2-8,15,17-18,31-32H,9-14,16H2,1H3,(H,33,38). The Morgan fingerprint density at radius 1 is 1.05 bits per heavy atom. The van der Waals surface area contributed by atoms with Crippen molar-refractivity contribution < 1.29 is 18.3 Å². The van der Waals surface area contributed by atoms with Gasteiger partial charge in [-0.2, -0.15) is 9.78 Å². The van der Waals surface area contributed by atoms with Crippen molar-refractivity contribution in [3.63, 3.8) is 0 Å². The first kappa shape index (κ1) is 26.5. The number of ether oxygens (including phenoxy) is 1. The maximum Gasteiger partial charge on any atom is 0.276 e. The quantitative estimate of drug-likeness (QED) is 0.391. The van der Waals surface area contributed by atoms with Gasteiger partial charge in [0.1, 0.15) is 11.4 Å². The topological polar surface area (TPSA) is 112 Å². The predicted molar refractivity (Wildman–Crippen MR) is 145 cm³/mol. The van der Waals surface area contributed by atoms with Crippen molar-refractivity contribution >= 4 is 29.2 Å². The number of amides is 1. The number of aromatic nitrogens is 2. The average molecular weight is 537 g/mol. The Morgan fingerprint density at radius 3 is 2.44 bits per heavy atom. The van der Waals surface area contributed by atoms with Crippen molar-refractivity contribution in [3.8, 4) is 5.69 Å². The van der Waals surface area contributed by atoms with E-state index in [1.165, 1.54) is 18.3 Å². The van der Waals surface area contributed by atoms with Crippen LogP contribution in [0, 0.1) is 23.0 Å². The smallest absolute Gasteiger partial charge is 0.276 e. The number of rotatable bonds is 7. The van der Waals surface area contributed by atoms with Crippen LogP contribution in [0.1, 0.15) is 42.2 Å². The Kier molecular flexibility index (Phi) is 7.69. The predicted octanol–water partition coefficient (Wildman–Crippen LogP) is 4.20. The van der Waals surface area contributed by atoms with Crippen LogP contribution in [0.25, 0.3) is 5.69 Å². The maximum absolute atomic E-state index is 14.4. The first-order chi connectivity index (χ1) is 18.9. The van der Waals surface area contributed by atoms with E-state index >= 15 is 0 Å². The molecule has 0 spiro atoms. The van der Waals surface area contributed by atoms with Crippen LogP contribution in [-0.2, 0) is 4.74 Å². The number of anilines is 3. The van der Waals surface area contributed by atoms with Crippen LogP contribution in [0.3, 0.4) is 0 Å². The van der Waals surface area contributed by atoms with E-state index < -0.39 is 28.8 Å². The first-order valence-corrected chi connectivity index (χ1v) is 13.0. The summed E-state index contributed by atoms with van der Waals surface area (Å²) in [6, 6.07) is 9.28. The fourth-order valence-electron chi connectivity index (χ4n) is 5.09. The second kappa shape index (κ2) is 11.3. The monoisotopic (exact) mass is 536 g/mol. The van der Waals surface area contributed by atoms with Crippen molar-refractivity contribution in [1.29, 1.82) is 5.41 Å². The van der Waals surface area contributed by atoms with E-state index in [0.717, 1.165) is 56.2 Å². The van der Waals surface area contributed by atoms with Gasteiger partial charge < -0.3 is 25.7 Å². The zero-order valence-corrected chi connectivity index (χ0v) is 21.5. The lowest BCUT2D eigenvalue weighted by Crippen LogP contribution is -2.29. The van der Waals surface area contributed by atoms with E-state index in [-0.39, 0.29) is 11.7 Å². The van der Waals surface area contributed by atoms with Gasteiger partial charge in [0, 0.05) is 55.9 Å². The lowest BCUT2D eigenvalue weighted by molar-refractivity contribution is 0.0904. The summed E-state index contributed by atoms with van der Waals surface area (Å²) in [5.41, 5.74) is 1.01. The van der Waals surface area contributed by atoms with Crippen molar-refractivity contribution in [1.82, 2.24) is 9.78 Å². The van der Waals surface area contributed by atoms with Gasteiger partial charge in [0.25, 0.3) is 11.5 Å². The minimum atomic E-state index is -0.976. The number of nitrogens with zero attached hydrogens (tertiary/aromatic N) is 3. The molecule has 2 fully saturated rings. The molecule has 0 aliphatic carbocycles. The highest BCUT2D eigenvalue weighted by atomic mass is 19.1. The molecule has 204 valence electrons. The van der Waals surface area contributed by atoms with Gasteiger partial charge in [0.15, 0.2) is 11.6 Å². The van der Waals surface area contributed by atoms with Crippen LogP contribution in [0.2, 0.25) is 0 Å². The number of carbonyl (C=O) groups excluding carboxylic acids is 1. The van der Waals surface area contributed by atoms with E-state index in [9.17, 15) is 18.4 Å². The van der Waals surface area contributed by atoms with Gasteiger partial charge in [-0.15, -0.1) is 0 Å². The maximum atomic E-state index is 14.4. The Balaban J connectivity index is 1.50. The second-order valence-electron chi connectivity index (χ2n) is 9.93. The molecule has 2 aromatic carbocycles. The molecule has 0 bridgehead atoms. The van der Waals surface area contributed by atoms with Crippen LogP contribution < -0.4 is 21.1 Å². The molecule has 1 unspecified atom stereocenters. The number of benzene rings is 2. The highest BCUT2D eigenvalue weighted by Gasteiger charge is 2.27. The molecule has 11 heteroatoms. The van der Waals surface area contributed by atoms with Crippen molar-refractivity contribution in [2.45, 2.75) is 32.2 Å². The largest absolute Gasteiger partial charge is 0.382 e. The SMILES string of the molecule is CC1CCN(c2c(NC(=O)c3ccc(=O)n(-c4c(F)cccc4F)n3)ccc(NC3CCOCC3)c2C=N)C1. The van der Waals surface area contributed by atoms with E-state index in [2.05, 4.69) is 27.6 Å². The molecular weight excluding hydrogens is 506 g/mol. The zero-order chi connectivity index (χ0) is 27.5. The minimum Gasteiger partial charge on any atom is -0.382 e. The number of hydrogen-bond acceptors (Lipinski definition) is 7. The molecule has 3 heterocycles. The fourth-order valence-corrected chi connectivity index (χ4v) is 5.09. The van der Waals surface area contributed by atoms with Gasteiger partial charge in [-0.3, -0.25) is 9.59 Å². The zero-order valence-electron chi connectivity index (χ0n) is 21.5. The molecule has 9 nitrogen and oxygen atoms in total. The summed E-state index contributed by atoms with van der Waals surface area (Å²) in [4.78, 5) is 27.9. The normalized spacial score (nSPS) is 17.7. The molecule has 2 aliphatic heterocycles. The molecule has 5 rings (SSSR count). The number of nitrogens with one attached hydrogen (secondary N) is 3. The molecule has 2 saturated heterocycles. The van der Waals surface area contributed by atoms with E-state index in [4.69, 9.17) is 10.1 Å². The van der Waals surface area contributed by atoms with Gasteiger partial charge in [0.05, 0.1) is 11.4 Å². The van der Waals surface area contributed by atoms with Crippen LogP contribution in [0.15, 0.2) is 47.3 Å². The van der Waals surface area contributed by atoms with Crippen LogP contribution >= 0.6 is 0 Å². The third kappa shape index (κ3) is 5.53. The summed E-state index contributed by atoms with van der Waals surface area (Å²) in [7, 11) is 0. The summed E-state index contributed by atoms with van der Waals surface area (Å²) in [5.74, 6) is -2.16. The number of para-hydroxylation sites is 1. The van der Waals surface area contributed by atoms with Gasteiger partial charge >= 0.3 is 0 Å². The van der Waals surface area contributed by atoms with E-state index in [1.807, 2.05) is 6.07 Å². The summed E-state index contributed by atoms with van der Waals surface area (Å²) < 4.78 is 34.7. The number of carbonyl (C=O) groups is 1. The minimum absolute atomic E-state index is 0.196. The molecule has 1 atom stereocenters.